The molecule has 1 fully saturated rings. The van der Waals surface area contributed by atoms with Crippen LogP contribution in [0.3, 0.4) is 0 Å². The zero-order valence-electron chi connectivity index (χ0n) is 13.6. The first kappa shape index (κ1) is 20.2. The number of benzene rings is 1. The SMILES string of the molecule is CC(C)N1CCC(NC(=O)[C@@H](C)N)C1c1ccc(Cl)c(F)c1.Cl. The molecule has 3 atom stereocenters. The van der Waals surface area contributed by atoms with Crippen molar-refractivity contribution < 1.29 is 9.18 Å². The van der Waals surface area contributed by atoms with E-state index in [-0.39, 0.29) is 35.4 Å². The molecule has 1 aliphatic rings. The molecule has 0 bridgehead atoms. The van der Waals surface area contributed by atoms with Gasteiger partial charge in [0.15, 0.2) is 0 Å². The second kappa shape index (κ2) is 8.29. The van der Waals surface area contributed by atoms with Gasteiger partial charge in [0, 0.05) is 18.6 Å². The Morgan fingerprint density at radius 3 is 2.61 bits per heavy atom. The third-order valence-corrected chi connectivity index (χ3v) is 4.43. The number of hydrogen-bond acceptors (Lipinski definition) is 3. The molecule has 1 heterocycles. The van der Waals surface area contributed by atoms with E-state index >= 15 is 0 Å². The van der Waals surface area contributed by atoms with Gasteiger partial charge in [-0.05, 0) is 44.9 Å². The van der Waals surface area contributed by atoms with Crippen LogP contribution in [0.15, 0.2) is 18.2 Å². The van der Waals surface area contributed by atoms with Crippen LogP contribution < -0.4 is 11.1 Å². The molecular weight excluding hydrogens is 340 g/mol. The average molecular weight is 364 g/mol. The van der Waals surface area contributed by atoms with Gasteiger partial charge in [-0.1, -0.05) is 17.7 Å². The molecule has 0 saturated carbocycles. The van der Waals surface area contributed by atoms with Crippen molar-refractivity contribution in [2.45, 2.75) is 51.4 Å². The van der Waals surface area contributed by atoms with E-state index in [0.717, 1.165) is 18.5 Å². The number of carbonyl (C=O) groups excluding carboxylic acids is 1. The maximum atomic E-state index is 13.8. The lowest BCUT2D eigenvalue weighted by Gasteiger charge is -2.32. The van der Waals surface area contributed by atoms with Gasteiger partial charge in [-0.25, -0.2) is 4.39 Å². The Morgan fingerprint density at radius 1 is 1.43 bits per heavy atom. The summed E-state index contributed by atoms with van der Waals surface area (Å²) >= 11 is 5.77. The van der Waals surface area contributed by atoms with E-state index in [1.165, 1.54) is 6.07 Å². The van der Waals surface area contributed by atoms with Crippen molar-refractivity contribution >= 4 is 29.9 Å². The molecule has 1 amide bonds. The van der Waals surface area contributed by atoms with E-state index in [9.17, 15) is 9.18 Å². The number of nitrogens with zero attached hydrogens (tertiary/aromatic N) is 1. The summed E-state index contributed by atoms with van der Waals surface area (Å²) < 4.78 is 13.8. The van der Waals surface area contributed by atoms with Crippen molar-refractivity contribution in [3.8, 4) is 0 Å². The fourth-order valence-electron chi connectivity index (χ4n) is 2.98. The van der Waals surface area contributed by atoms with E-state index in [1.54, 1.807) is 13.0 Å². The average Bonchev–Trinajstić information content (AvgIpc) is 2.85. The first-order chi connectivity index (χ1) is 10.3. The Hall–Kier alpha value is -0.880. The van der Waals surface area contributed by atoms with Gasteiger partial charge in [-0.15, -0.1) is 12.4 Å². The Kier molecular flexibility index (Phi) is 7.27. The fraction of sp³-hybridized carbons (Fsp3) is 0.562. The Labute approximate surface area is 148 Å². The molecule has 0 radical (unpaired) electrons. The molecule has 3 N–H and O–H groups in total. The second-order valence-electron chi connectivity index (χ2n) is 6.14. The van der Waals surface area contributed by atoms with E-state index in [4.69, 9.17) is 17.3 Å². The van der Waals surface area contributed by atoms with Crippen LogP contribution >= 0.6 is 24.0 Å². The molecular formula is C16H24Cl2FN3O. The standard InChI is InChI=1S/C16H23ClFN3O.ClH/c1-9(2)21-7-6-14(20-16(22)10(3)19)15(21)11-4-5-12(17)13(18)8-11;/h4-5,8-10,14-15H,6-7,19H2,1-3H3,(H,20,22);1H/t10-,14?,15?;/m1./s1. The summed E-state index contributed by atoms with van der Waals surface area (Å²) in [6.07, 6.45) is 0.811. The quantitative estimate of drug-likeness (QED) is 0.864. The molecule has 1 aliphatic heterocycles. The van der Waals surface area contributed by atoms with Crippen LogP contribution in [-0.2, 0) is 4.79 Å². The number of rotatable bonds is 4. The molecule has 23 heavy (non-hydrogen) atoms. The molecule has 0 aromatic heterocycles. The highest BCUT2D eigenvalue weighted by molar-refractivity contribution is 6.30. The third kappa shape index (κ3) is 4.57. The minimum atomic E-state index is -0.560. The lowest BCUT2D eigenvalue weighted by atomic mass is 9.99. The molecule has 0 spiro atoms. The van der Waals surface area contributed by atoms with E-state index in [1.807, 2.05) is 6.07 Å². The number of halogens is 3. The highest BCUT2D eigenvalue weighted by Crippen LogP contribution is 2.35. The highest BCUT2D eigenvalue weighted by atomic mass is 35.5. The van der Waals surface area contributed by atoms with Crippen molar-refractivity contribution in [1.82, 2.24) is 10.2 Å². The number of nitrogens with two attached hydrogens (primary N) is 1. The molecule has 1 saturated heterocycles. The van der Waals surface area contributed by atoms with Gasteiger partial charge in [-0.2, -0.15) is 0 Å². The minimum absolute atomic E-state index is 0. The van der Waals surface area contributed by atoms with Gasteiger partial charge >= 0.3 is 0 Å². The normalized spacial score (nSPS) is 22.7. The van der Waals surface area contributed by atoms with Crippen LogP contribution in [0.5, 0.6) is 0 Å². The lowest BCUT2D eigenvalue weighted by Crippen LogP contribution is -2.46. The van der Waals surface area contributed by atoms with Gasteiger partial charge < -0.3 is 11.1 Å². The third-order valence-electron chi connectivity index (χ3n) is 4.13. The van der Waals surface area contributed by atoms with Crippen molar-refractivity contribution in [1.29, 1.82) is 0 Å². The molecule has 1 aromatic rings. The van der Waals surface area contributed by atoms with Crippen molar-refractivity contribution in [3.63, 3.8) is 0 Å². The monoisotopic (exact) mass is 363 g/mol. The number of likely N-dealkylation sites (tertiary alicyclic amines) is 1. The van der Waals surface area contributed by atoms with Gasteiger partial charge in [0.1, 0.15) is 5.82 Å². The first-order valence-corrected chi connectivity index (χ1v) is 7.95. The predicted octanol–water partition coefficient (Wildman–Crippen LogP) is 2.89. The zero-order chi connectivity index (χ0) is 16.4. The van der Waals surface area contributed by atoms with Crippen LogP contribution in [0.4, 0.5) is 4.39 Å². The molecule has 130 valence electrons. The maximum absolute atomic E-state index is 13.8. The number of amides is 1. The number of hydrogen-bond donors (Lipinski definition) is 2. The molecule has 2 rings (SSSR count). The highest BCUT2D eigenvalue weighted by Gasteiger charge is 2.37. The summed E-state index contributed by atoms with van der Waals surface area (Å²) in [5.74, 6) is -0.623. The molecule has 7 heteroatoms. The molecule has 0 aliphatic carbocycles. The zero-order valence-corrected chi connectivity index (χ0v) is 15.1. The van der Waals surface area contributed by atoms with Crippen LogP contribution in [-0.4, -0.2) is 35.5 Å². The molecule has 4 nitrogen and oxygen atoms in total. The number of carbonyl (C=O) groups is 1. The largest absolute Gasteiger partial charge is 0.350 e. The van der Waals surface area contributed by atoms with Crippen LogP contribution in [0, 0.1) is 5.82 Å². The van der Waals surface area contributed by atoms with Crippen LogP contribution in [0.2, 0.25) is 5.02 Å². The smallest absolute Gasteiger partial charge is 0.236 e. The van der Waals surface area contributed by atoms with Gasteiger partial charge in [-0.3, -0.25) is 9.69 Å². The molecule has 1 aromatic carbocycles. The fourth-order valence-corrected chi connectivity index (χ4v) is 3.10. The van der Waals surface area contributed by atoms with E-state index < -0.39 is 11.9 Å². The maximum Gasteiger partial charge on any atom is 0.236 e. The van der Waals surface area contributed by atoms with Crippen molar-refractivity contribution in [2.24, 2.45) is 5.73 Å². The lowest BCUT2D eigenvalue weighted by molar-refractivity contribution is -0.122. The Morgan fingerprint density at radius 2 is 2.09 bits per heavy atom. The van der Waals surface area contributed by atoms with Crippen molar-refractivity contribution in [2.75, 3.05) is 6.54 Å². The summed E-state index contributed by atoms with van der Waals surface area (Å²) in [4.78, 5) is 14.2. The summed E-state index contributed by atoms with van der Waals surface area (Å²) in [7, 11) is 0. The first-order valence-electron chi connectivity index (χ1n) is 7.58. The second-order valence-corrected chi connectivity index (χ2v) is 6.55. The Bertz CT molecular complexity index is 554. The molecule has 2 unspecified atom stereocenters. The Balaban J connectivity index is 0.00000264. The van der Waals surface area contributed by atoms with E-state index in [0.29, 0.717) is 6.04 Å². The summed E-state index contributed by atoms with van der Waals surface area (Å²) in [6, 6.07) is 4.42. The van der Waals surface area contributed by atoms with Gasteiger partial charge in [0.2, 0.25) is 5.91 Å². The summed E-state index contributed by atoms with van der Waals surface area (Å²) in [5.41, 5.74) is 6.46. The van der Waals surface area contributed by atoms with Gasteiger partial charge in [0.25, 0.3) is 0 Å². The number of nitrogens with one attached hydrogen (secondary N) is 1. The summed E-state index contributed by atoms with van der Waals surface area (Å²) in [6.45, 7) is 6.68. The van der Waals surface area contributed by atoms with Crippen LogP contribution in [0.25, 0.3) is 0 Å². The summed E-state index contributed by atoms with van der Waals surface area (Å²) in [5, 5.41) is 3.09. The van der Waals surface area contributed by atoms with Crippen molar-refractivity contribution in [3.05, 3.63) is 34.6 Å². The predicted molar refractivity (Wildman–Crippen MR) is 93.4 cm³/mol. The topological polar surface area (TPSA) is 58.4 Å². The van der Waals surface area contributed by atoms with Gasteiger partial charge in [0.05, 0.1) is 17.1 Å². The minimum Gasteiger partial charge on any atom is -0.350 e. The van der Waals surface area contributed by atoms with Crippen LogP contribution in [0.1, 0.15) is 38.8 Å². The van der Waals surface area contributed by atoms with E-state index in [2.05, 4.69) is 24.1 Å².